The molecule has 0 aliphatic heterocycles. The molecule has 0 heterocycles. The standard InChI is InChI=1S/C20H23N/c1-2-7-16(8-3-1)14-21-15-18-13-20(18)12-6-10-17-9-4-5-11-19(17)20/h1-5,7-9,11,18,21H,6,10,12-15H2/t18-,20+/m0/s1. The molecule has 1 nitrogen and oxygen atoms in total. The van der Waals surface area contributed by atoms with Gasteiger partial charge in [-0.25, -0.2) is 0 Å². The van der Waals surface area contributed by atoms with Crippen LogP contribution in [0.4, 0.5) is 0 Å². The molecule has 2 aromatic carbocycles. The van der Waals surface area contributed by atoms with Gasteiger partial charge in [-0.2, -0.15) is 0 Å². The third-order valence-corrected chi connectivity index (χ3v) is 5.42. The van der Waals surface area contributed by atoms with E-state index >= 15 is 0 Å². The van der Waals surface area contributed by atoms with E-state index in [-0.39, 0.29) is 0 Å². The molecule has 1 fully saturated rings. The second-order valence-electron chi connectivity index (χ2n) is 6.68. The van der Waals surface area contributed by atoms with Crippen molar-refractivity contribution in [1.29, 1.82) is 0 Å². The van der Waals surface area contributed by atoms with Crippen molar-refractivity contribution in [1.82, 2.24) is 5.32 Å². The summed E-state index contributed by atoms with van der Waals surface area (Å²) >= 11 is 0. The van der Waals surface area contributed by atoms with E-state index < -0.39 is 0 Å². The second kappa shape index (κ2) is 5.31. The van der Waals surface area contributed by atoms with Gasteiger partial charge in [0.1, 0.15) is 0 Å². The molecule has 0 radical (unpaired) electrons. The van der Waals surface area contributed by atoms with Crippen LogP contribution in [0, 0.1) is 5.92 Å². The maximum Gasteiger partial charge on any atom is 0.0205 e. The maximum absolute atomic E-state index is 3.67. The molecule has 1 heteroatoms. The van der Waals surface area contributed by atoms with E-state index in [9.17, 15) is 0 Å². The van der Waals surface area contributed by atoms with Crippen molar-refractivity contribution in [2.24, 2.45) is 5.92 Å². The highest BCUT2D eigenvalue weighted by Gasteiger charge is 2.55. The zero-order valence-electron chi connectivity index (χ0n) is 12.5. The summed E-state index contributed by atoms with van der Waals surface area (Å²) in [6.07, 6.45) is 5.42. The Kier molecular flexibility index (Phi) is 3.31. The molecule has 2 atom stereocenters. The Labute approximate surface area is 127 Å². The first-order chi connectivity index (χ1) is 10.4. The van der Waals surface area contributed by atoms with Crippen LogP contribution in [-0.4, -0.2) is 6.54 Å². The van der Waals surface area contributed by atoms with E-state index in [1.807, 2.05) is 0 Å². The highest BCUT2D eigenvalue weighted by atomic mass is 14.9. The van der Waals surface area contributed by atoms with Gasteiger partial charge in [-0.05, 0) is 60.3 Å². The normalized spacial score (nSPS) is 26.6. The number of benzene rings is 2. The minimum Gasteiger partial charge on any atom is -0.312 e. The summed E-state index contributed by atoms with van der Waals surface area (Å²) in [7, 11) is 0. The Bertz CT molecular complexity index is 619. The average Bonchev–Trinajstić information content (AvgIpc) is 3.22. The van der Waals surface area contributed by atoms with Crippen molar-refractivity contribution in [2.45, 2.75) is 37.6 Å². The predicted octanol–water partition coefficient (Wildman–Crippen LogP) is 4.07. The number of fused-ring (bicyclic) bond motifs is 2. The summed E-state index contributed by atoms with van der Waals surface area (Å²) in [5.74, 6) is 0.836. The van der Waals surface area contributed by atoms with Gasteiger partial charge in [-0.3, -0.25) is 0 Å². The number of rotatable bonds is 4. The molecule has 2 aliphatic rings. The van der Waals surface area contributed by atoms with Crippen LogP contribution in [0.2, 0.25) is 0 Å². The highest BCUT2D eigenvalue weighted by Crippen LogP contribution is 2.59. The van der Waals surface area contributed by atoms with Gasteiger partial charge in [0.05, 0.1) is 0 Å². The fraction of sp³-hybridized carbons (Fsp3) is 0.400. The topological polar surface area (TPSA) is 12.0 Å². The van der Waals surface area contributed by atoms with Gasteiger partial charge in [0, 0.05) is 6.54 Å². The van der Waals surface area contributed by atoms with Crippen molar-refractivity contribution < 1.29 is 0 Å². The van der Waals surface area contributed by atoms with E-state index in [2.05, 4.69) is 59.9 Å². The quantitative estimate of drug-likeness (QED) is 0.888. The molecule has 1 spiro atoms. The molecule has 0 unspecified atom stereocenters. The van der Waals surface area contributed by atoms with Crippen molar-refractivity contribution in [3.05, 3.63) is 71.3 Å². The van der Waals surface area contributed by atoms with Crippen LogP contribution >= 0.6 is 0 Å². The molecule has 1 N–H and O–H groups in total. The van der Waals surface area contributed by atoms with E-state index in [1.54, 1.807) is 11.1 Å². The predicted molar refractivity (Wildman–Crippen MR) is 87.3 cm³/mol. The third kappa shape index (κ3) is 2.40. The molecule has 0 aromatic heterocycles. The minimum absolute atomic E-state index is 0.512. The summed E-state index contributed by atoms with van der Waals surface area (Å²) < 4.78 is 0. The van der Waals surface area contributed by atoms with Gasteiger partial charge in [0.25, 0.3) is 0 Å². The summed E-state index contributed by atoms with van der Waals surface area (Å²) in [5.41, 5.74) is 5.16. The molecule has 0 saturated heterocycles. The third-order valence-electron chi connectivity index (χ3n) is 5.42. The Morgan fingerprint density at radius 2 is 1.81 bits per heavy atom. The van der Waals surface area contributed by atoms with Gasteiger partial charge in [0.15, 0.2) is 0 Å². The maximum atomic E-state index is 3.67. The summed E-state index contributed by atoms with van der Waals surface area (Å²) in [6.45, 7) is 2.15. The van der Waals surface area contributed by atoms with Gasteiger partial charge in [-0.15, -0.1) is 0 Å². The van der Waals surface area contributed by atoms with E-state index in [4.69, 9.17) is 0 Å². The Morgan fingerprint density at radius 3 is 2.71 bits per heavy atom. The van der Waals surface area contributed by atoms with Crippen LogP contribution < -0.4 is 5.32 Å². The fourth-order valence-corrected chi connectivity index (χ4v) is 4.22. The van der Waals surface area contributed by atoms with Crippen LogP contribution in [-0.2, 0) is 18.4 Å². The van der Waals surface area contributed by atoms with Crippen LogP contribution in [0.15, 0.2) is 54.6 Å². The molecule has 108 valence electrons. The van der Waals surface area contributed by atoms with E-state index in [1.165, 1.54) is 31.2 Å². The summed E-state index contributed by atoms with van der Waals surface area (Å²) in [4.78, 5) is 0. The fourth-order valence-electron chi connectivity index (χ4n) is 4.22. The number of nitrogens with one attached hydrogen (secondary N) is 1. The lowest BCUT2D eigenvalue weighted by Crippen LogP contribution is -2.24. The van der Waals surface area contributed by atoms with Gasteiger partial charge >= 0.3 is 0 Å². The lowest BCUT2D eigenvalue weighted by Gasteiger charge is -2.26. The van der Waals surface area contributed by atoms with Gasteiger partial charge < -0.3 is 5.32 Å². The zero-order chi connectivity index (χ0) is 14.1. The molecule has 2 aromatic rings. The van der Waals surface area contributed by atoms with Crippen molar-refractivity contribution in [3.8, 4) is 0 Å². The number of aryl methyl sites for hydroxylation is 1. The zero-order valence-corrected chi connectivity index (χ0v) is 12.5. The molecule has 1 saturated carbocycles. The van der Waals surface area contributed by atoms with E-state index in [0.29, 0.717) is 5.41 Å². The monoisotopic (exact) mass is 277 g/mol. The first-order valence-corrected chi connectivity index (χ1v) is 8.21. The Hall–Kier alpha value is -1.60. The molecule has 4 rings (SSSR count). The summed E-state index contributed by atoms with van der Waals surface area (Å²) in [5, 5.41) is 3.67. The van der Waals surface area contributed by atoms with Crippen LogP contribution in [0.3, 0.4) is 0 Å². The molecule has 21 heavy (non-hydrogen) atoms. The van der Waals surface area contributed by atoms with Crippen LogP contribution in [0.1, 0.15) is 36.0 Å². The van der Waals surface area contributed by atoms with Crippen molar-refractivity contribution >= 4 is 0 Å². The van der Waals surface area contributed by atoms with Crippen LogP contribution in [0.5, 0.6) is 0 Å². The largest absolute Gasteiger partial charge is 0.312 e. The number of hydrogen-bond donors (Lipinski definition) is 1. The first-order valence-electron chi connectivity index (χ1n) is 8.21. The molecule has 0 bridgehead atoms. The molecule has 0 amide bonds. The summed E-state index contributed by atoms with van der Waals surface area (Å²) in [6, 6.07) is 19.9. The van der Waals surface area contributed by atoms with Gasteiger partial charge in [-0.1, -0.05) is 54.6 Å². The van der Waals surface area contributed by atoms with Gasteiger partial charge in [0.2, 0.25) is 0 Å². The molecule has 2 aliphatic carbocycles. The lowest BCUT2D eigenvalue weighted by atomic mass is 9.78. The lowest BCUT2D eigenvalue weighted by molar-refractivity contribution is 0.479. The SMILES string of the molecule is c1ccc(CNC[C@@H]2C[C@]23CCCc2ccccc23)cc1. The molecular weight excluding hydrogens is 254 g/mol. The Morgan fingerprint density at radius 1 is 1.00 bits per heavy atom. The average molecular weight is 277 g/mol. The minimum atomic E-state index is 0.512. The second-order valence-corrected chi connectivity index (χ2v) is 6.68. The molecular formula is C20H23N. The smallest absolute Gasteiger partial charge is 0.0205 e. The van der Waals surface area contributed by atoms with Crippen molar-refractivity contribution in [3.63, 3.8) is 0 Å². The number of hydrogen-bond acceptors (Lipinski definition) is 1. The van der Waals surface area contributed by atoms with Crippen LogP contribution in [0.25, 0.3) is 0 Å². The highest BCUT2D eigenvalue weighted by molar-refractivity contribution is 5.42. The van der Waals surface area contributed by atoms with E-state index in [0.717, 1.165) is 19.0 Å². The van der Waals surface area contributed by atoms with Crippen molar-refractivity contribution in [2.75, 3.05) is 6.54 Å². The Balaban J connectivity index is 1.40. The first kappa shape index (κ1) is 13.1.